The van der Waals surface area contributed by atoms with Crippen LogP contribution in [-0.2, 0) is 4.79 Å². The summed E-state index contributed by atoms with van der Waals surface area (Å²) in [6.45, 7) is 1.46. The first kappa shape index (κ1) is 16.3. The molecule has 0 atom stereocenters. The lowest BCUT2D eigenvalue weighted by Gasteiger charge is -2.11. The van der Waals surface area contributed by atoms with Crippen LogP contribution in [0.4, 0.5) is 11.4 Å². The van der Waals surface area contributed by atoms with Gasteiger partial charge in [-0.1, -0.05) is 41.4 Å². The molecule has 1 amide bonds. The summed E-state index contributed by atoms with van der Waals surface area (Å²) in [4.78, 5) is 23.5. The maximum Gasteiger partial charge on any atom is 0.243 e. The molecule has 4 nitrogen and oxygen atoms in total. The summed E-state index contributed by atoms with van der Waals surface area (Å²) in [5.41, 5.74) is 1.53. The van der Waals surface area contributed by atoms with E-state index >= 15 is 0 Å². The lowest BCUT2D eigenvalue weighted by Crippen LogP contribution is -2.22. The van der Waals surface area contributed by atoms with Crippen molar-refractivity contribution in [2.75, 3.05) is 17.2 Å². The highest BCUT2D eigenvalue weighted by atomic mass is 35.5. The van der Waals surface area contributed by atoms with Crippen molar-refractivity contribution in [1.29, 1.82) is 0 Å². The van der Waals surface area contributed by atoms with E-state index in [0.29, 0.717) is 27.0 Å². The van der Waals surface area contributed by atoms with Crippen molar-refractivity contribution in [1.82, 2.24) is 0 Å². The Balaban J connectivity index is 2.02. The summed E-state index contributed by atoms with van der Waals surface area (Å²) in [7, 11) is 0. The highest BCUT2D eigenvalue weighted by molar-refractivity contribution is 6.43. The highest BCUT2D eigenvalue weighted by Crippen LogP contribution is 2.29. The quantitative estimate of drug-likeness (QED) is 0.802. The molecule has 0 saturated heterocycles. The topological polar surface area (TPSA) is 58.2 Å². The van der Waals surface area contributed by atoms with Crippen LogP contribution in [0.5, 0.6) is 0 Å². The van der Waals surface area contributed by atoms with Crippen molar-refractivity contribution in [2.45, 2.75) is 6.92 Å². The Kier molecular flexibility index (Phi) is 5.41. The van der Waals surface area contributed by atoms with Crippen LogP contribution >= 0.6 is 23.2 Å². The van der Waals surface area contributed by atoms with Crippen molar-refractivity contribution in [3.05, 3.63) is 58.1 Å². The molecule has 0 heterocycles. The van der Waals surface area contributed by atoms with E-state index in [2.05, 4.69) is 10.6 Å². The van der Waals surface area contributed by atoms with E-state index in [4.69, 9.17) is 23.2 Å². The zero-order chi connectivity index (χ0) is 16.1. The number of carbonyl (C=O) groups is 2. The largest absolute Gasteiger partial charge is 0.375 e. The van der Waals surface area contributed by atoms with Crippen LogP contribution in [0.25, 0.3) is 0 Å². The molecular formula is C16H14Cl2N2O2. The van der Waals surface area contributed by atoms with E-state index in [1.807, 2.05) is 0 Å². The second kappa shape index (κ2) is 7.29. The number of hydrogen-bond acceptors (Lipinski definition) is 3. The summed E-state index contributed by atoms with van der Waals surface area (Å²) in [6.07, 6.45) is 0. The van der Waals surface area contributed by atoms with Crippen molar-refractivity contribution < 1.29 is 9.59 Å². The number of benzene rings is 2. The van der Waals surface area contributed by atoms with Gasteiger partial charge in [-0.15, -0.1) is 0 Å². The molecule has 2 rings (SSSR count). The Labute approximate surface area is 138 Å². The number of ketones is 1. The molecule has 2 aromatic rings. The average Bonchev–Trinajstić information content (AvgIpc) is 2.49. The van der Waals surface area contributed by atoms with Crippen LogP contribution in [0.15, 0.2) is 42.5 Å². The van der Waals surface area contributed by atoms with Crippen LogP contribution in [0.3, 0.4) is 0 Å². The standard InChI is InChI=1S/C16H14Cl2N2O2/c1-10(21)11-5-2-3-7-13(11)20-15(22)9-19-14-8-4-6-12(17)16(14)18/h2-8,19H,9H2,1H3,(H,20,22). The van der Waals surface area contributed by atoms with Crippen LogP contribution in [-0.4, -0.2) is 18.2 Å². The average molecular weight is 337 g/mol. The molecule has 0 bridgehead atoms. The Morgan fingerprint density at radius 3 is 2.41 bits per heavy atom. The van der Waals surface area contributed by atoms with Gasteiger partial charge in [0.25, 0.3) is 0 Å². The molecule has 0 saturated carbocycles. The third-order valence-electron chi connectivity index (χ3n) is 2.97. The van der Waals surface area contributed by atoms with Gasteiger partial charge in [0.1, 0.15) is 0 Å². The lowest BCUT2D eigenvalue weighted by atomic mass is 10.1. The van der Waals surface area contributed by atoms with Gasteiger partial charge in [0.05, 0.1) is 28.0 Å². The van der Waals surface area contributed by atoms with E-state index in [1.165, 1.54) is 6.92 Å². The number of rotatable bonds is 5. The summed E-state index contributed by atoms with van der Waals surface area (Å²) in [6, 6.07) is 12.0. The van der Waals surface area contributed by atoms with E-state index in [1.54, 1.807) is 42.5 Å². The van der Waals surface area contributed by atoms with E-state index in [0.717, 1.165) is 0 Å². The molecule has 2 aromatic carbocycles. The Bertz CT molecular complexity index is 717. The fourth-order valence-electron chi connectivity index (χ4n) is 1.91. The van der Waals surface area contributed by atoms with Gasteiger partial charge in [-0.25, -0.2) is 0 Å². The maximum atomic E-state index is 12.0. The van der Waals surface area contributed by atoms with Crippen LogP contribution in [0.2, 0.25) is 10.0 Å². The van der Waals surface area contributed by atoms with Crippen molar-refractivity contribution >= 4 is 46.3 Å². The minimum Gasteiger partial charge on any atom is -0.375 e. The minimum atomic E-state index is -0.287. The SMILES string of the molecule is CC(=O)c1ccccc1NC(=O)CNc1cccc(Cl)c1Cl. The number of amides is 1. The molecule has 0 aliphatic rings. The molecule has 2 N–H and O–H groups in total. The van der Waals surface area contributed by atoms with E-state index < -0.39 is 0 Å². The fraction of sp³-hybridized carbons (Fsp3) is 0.125. The smallest absolute Gasteiger partial charge is 0.243 e. The molecule has 0 radical (unpaired) electrons. The van der Waals surface area contributed by atoms with Crippen LogP contribution in [0, 0.1) is 0 Å². The van der Waals surface area contributed by atoms with E-state index in [-0.39, 0.29) is 18.2 Å². The first-order valence-electron chi connectivity index (χ1n) is 6.56. The Hall–Kier alpha value is -2.04. The number of Topliss-reactive ketones (excluding diaryl/α,β-unsaturated/α-hetero) is 1. The van der Waals surface area contributed by atoms with Gasteiger partial charge in [-0.2, -0.15) is 0 Å². The van der Waals surface area contributed by atoms with Gasteiger partial charge in [-0.3, -0.25) is 9.59 Å². The van der Waals surface area contributed by atoms with E-state index in [9.17, 15) is 9.59 Å². The summed E-state index contributed by atoms with van der Waals surface area (Å²) < 4.78 is 0. The molecule has 114 valence electrons. The Morgan fingerprint density at radius 1 is 1.00 bits per heavy atom. The van der Waals surface area contributed by atoms with Gasteiger partial charge in [-0.05, 0) is 31.2 Å². The lowest BCUT2D eigenvalue weighted by molar-refractivity contribution is -0.114. The van der Waals surface area contributed by atoms with Crippen molar-refractivity contribution in [3.8, 4) is 0 Å². The number of hydrogen-bond donors (Lipinski definition) is 2. The molecule has 0 aliphatic carbocycles. The third-order valence-corrected chi connectivity index (χ3v) is 3.79. The summed E-state index contributed by atoms with van der Waals surface area (Å²) in [5, 5.41) is 6.38. The maximum absolute atomic E-state index is 12.0. The molecule has 0 aromatic heterocycles. The summed E-state index contributed by atoms with van der Waals surface area (Å²) >= 11 is 11.9. The van der Waals surface area contributed by atoms with Crippen LogP contribution in [0.1, 0.15) is 17.3 Å². The number of halogens is 2. The molecule has 0 aliphatic heterocycles. The second-order valence-electron chi connectivity index (χ2n) is 4.60. The fourth-order valence-corrected chi connectivity index (χ4v) is 2.28. The molecule has 0 unspecified atom stereocenters. The van der Waals surface area contributed by atoms with Crippen molar-refractivity contribution in [3.63, 3.8) is 0 Å². The molecule has 0 spiro atoms. The normalized spacial score (nSPS) is 10.1. The van der Waals surface area contributed by atoms with Crippen molar-refractivity contribution in [2.24, 2.45) is 0 Å². The molecule has 0 fully saturated rings. The zero-order valence-electron chi connectivity index (χ0n) is 11.8. The predicted octanol–water partition coefficient (Wildman–Crippen LogP) is 4.25. The van der Waals surface area contributed by atoms with Crippen LogP contribution < -0.4 is 10.6 Å². The molecular weight excluding hydrogens is 323 g/mol. The number of para-hydroxylation sites is 1. The molecule has 6 heteroatoms. The van der Waals surface area contributed by atoms with Gasteiger partial charge in [0, 0.05) is 5.56 Å². The number of nitrogens with one attached hydrogen (secondary N) is 2. The first-order valence-corrected chi connectivity index (χ1v) is 7.32. The summed E-state index contributed by atoms with van der Waals surface area (Å²) in [5.74, 6) is -0.397. The van der Waals surface area contributed by atoms with Gasteiger partial charge < -0.3 is 10.6 Å². The van der Waals surface area contributed by atoms with Gasteiger partial charge >= 0.3 is 0 Å². The third kappa shape index (κ3) is 4.00. The highest BCUT2D eigenvalue weighted by Gasteiger charge is 2.10. The number of anilines is 2. The predicted molar refractivity (Wildman–Crippen MR) is 90.0 cm³/mol. The minimum absolute atomic E-state index is 0.00625. The zero-order valence-corrected chi connectivity index (χ0v) is 13.3. The number of carbonyl (C=O) groups excluding carboxylic acids is 2. The molecule has 22 heavy (non-hydrogen) atoms. The Morgan fingerprint density at radius 2 is 1.68 bits per heavy atom. The monoisotopic (exact) mass is 336 g/mol. The second-order valence-corrected chi connectivity index (χ2v) is 5.39. The van der Waals surface area contributed by atoms with Gasteiger partial charge in [0.2, 0.25) is 5.91 Å². The van der Waals surface area contributed by atoms with Gasteiger partial charge in [0.15, 0.2) is 5.78 Å². The first-order chi connectivity index (χ1) is 10.5.